The molecule has 1 aromatic heterocycles. The SMILES string of the molecule is CCCCCCCCCCCCCCCC[n+]1ccccc1.F.N. The van der Waals surface area contributed by atoms with Crippen LogP contribution in [0, 0.1) is 0 Å². The lowest BCUT2D eigenvalue weighted by Gasteiger charge is -2.02. The molecule has 0 radical (unpaired) electrons. The fraction of sp³-hybridized carbons (Fsp3) is 0.762. The summed E-state index contributed by atoms with van der Waals surface area (Å²) in [5.74, 6) is 0. The van der Waals surface area contributed by atoms with Crippen LogP contribution >= 0.6 is 0 Å². The molecule has 0 aliphatic carbocycles. The standard InChI is InChI=1S/C21H38N.FH.H3N/c1-2-3-4-5-6-7-8-9-10-11-12-13-14-16-19-22-20-17-15-18-21-22;;/h15,17-18,20-21H,2-14,16,19H2,1H3;1H;1H3/q+1;;. The minimum atomic E-state index is 0. The summed E-state index contributed by atoms with van der Waals surface area (Å²) in [6.07, 6.45) is 24.4. The molecule has 0 aromatic carbocycles. The first-order valence-electron chi connectivity index (χ1n) is 9.87. The summed E-state index contributed by atoms with van der Waals surface area (Å²) in [5.41, 5.74) is 0. The third kappa shape index (κ3) is 15.9. The molecule has 0 aliphatic heterocycles. The number of aryl methyl sites for hydroxylation is 1. The van der Waals surface area contributed by atoms with E-state index in [1.807, 2.05) is 0 Å². The molecule has 0 aliphatic rings. The van der Waals surface area contributed by atoms with Gasteiger partial charge in [-0.3, -0.25) is 4.70 Å². The fourth-order valence-electron chi connectivity index (χ4n) is 3.07. The molecule has 2 nitrogen and oxygen atoms in total. The van der Waals surface area contributed by atoms with Crippen molar-refractivity contribution in [2.45, 2.75) is 103 Å². The van der Waals surface area contributed by atoms with Gasteiger partial charge in [0.1, 0.15) is 6.54 Å². The van der Waals surface area contributed by atoms with Crippen molar-refractivity contribution in [3.63, 3.8) is 0 Å². The van der Waals surface area contributed by atoms with E-state index in [-0.39, 0.29) is 10.9 Å². The van der Waals surface area contributed by atoms with Gasteiger partial charge in [0.25, 0.3) is 0 Å². The molecule has 0 atom stereocenters. The van der Waals surface area contributed by atoms with E-state index >= 15 is 0 Å². The zero-order valence-electron chi connectivity index (χ0n) is 16.1. The van der Waals surface area contributed by atoms with Crippen LogP contribution in [0.25, 0.3) is 0 Å². The van der Waals surface area contributed by atoms with Crippen molar-refractivity contribution in [2.75, 3.05) is 0 Å². The first-order chi connectivity index (χ1) is 10.9. The lowest BCUT2D eigenvalue weighted by molar-refractivity contribution is -0.697. The van der Waals surface area contributed by atoms with Crippen LogP contribution < -0.4 is 10.7 Å². The molecule has 3 heteroatoms. The second kappa shape index (κ2) is 20.1. The van der Waals surface area contributed by atoms with Gasteiger partial charge >= 0.3 is 0 Å². The third-order valence-electron chi connectivity index (χ3n) is 4.55. The summed E-state index contributed by atoms with van der Waals surface area (Å²) in [4.78, 5) is 0. The third-order valence-corrected chi connectivity index (χ3v) is 4.55. The van der Waals surface area contributed by atoms with Crippen molar-refractivity contribution in [3.8, 4) is 0 Å². The smallest absolute Gasteiger partial charge is 0.168 e. The Kier molecular flexibility index (Phi) is 21.2. The summed E-state index contributed by atoms with van der Waals surface area (Å²) in [5, 5.41) is 0. The Morgan fingerprint density at radius 2 is 0.917 bits per heavy atom. The number of aromatic nitrogens is 1. The molecule has 1 aromatic rings. The monoisotopic (exact) mass is 341 g/mol. The fourth-order valence-corrected chi connectivity index (χ4v) is 3.07. The normalized spacial score (nSPS) is 10.0. The van der Waals surface area contributed by atoms with Crippen molar-refractivity contribution in [3.05, 3.63) is 30.6 Å². The highest BCUT2D eigenvalue weighted by molar-refractivity contribution is 4.83. The molecule has 0 unspecified atom stereocenters. The van der Waals surface area contributed by atoms with E-state index in [2.05, 4.69) is 42.1 Å². The number of nitrogens with zero attached hydrogens (tertiary/aromatic N) is 1. The Morgan fingerprint density at radius 3 is 1.33 bits per heavy atom. The van der Waals surface area contributed by atoms with E-state index in [1.165, 1.54) is 96.4 Å². The van der Waals surface area contributed by atoms with Gasteiger partial charge in [-0.25, -0.2) is 4.57 Å². The molecule has 0 bridgehead atoms. The van der Waals surface area contributed by atoms with Gasteiger partial charge in [0.2, 0.25) is 0 Å². The summed E-state index contributed by atoms with van der Waals surface area (Å²) in [6, 6.07) is 6.31. The van der Waals surface area contributed by atoms with E-state index in [0.717, 1.165) is 0 Å². The van der Waals surface area contributed by atoms with Gasteiger partial charge in [-0.15, -0.1) is 0 Å². The number of hydrogen-bond donors (Lipinski definition) is 1. The van der Waals surface area contributed by atoms with Crippen molar-refractivity contribution in [1.82, 2.24) is 6.15 Å². The Morgan fingerprint density at radius 1 is 0.542 bits per heavy atom. The van der Waals surface area contributed by atoms with Crippen LogP contribution in [0.3, 0.4) is 0 Å². The Labute approximate surface area is 150 Å². The molecule has 0 spiro atoms. The van der Waals surface area contributed by atoms with Crippen LogP contribution in [0.1, 0.15) is 96.8 Å². The highest BCUT2D eigenvalue weighted by Crippen LogP contribution is 2.12. The van der Waals surface area contributed by atoms with Crippen molar-refractivity contribution in [2.24, 2.45) is 0 Å². The van der Waals surface area contributed by atoms with E-state index in [1.54, 1.807) is 0 Å². The largest absolute Gasteiger partial charge is 0.344 e. The van der Waals surface area contributed by atoms with E-state index in [4.69, 9.17) is 0 Å². The topological polar surface area (TPSA) is 38.9 Å². The number of halogens is 1. The average molecular weight is 342 g/mol. The van der Waals surface area contributed by atoms with Crippen LogP contribution in [0.2, 0.25) is 0 Å². The molecular weight excluding hydrogens is 299 g/mol. The minimum Gasteiger partial charge on any atom is -0.344 e. The zero-order chi connectivity index (χ0) is 15.7. The van der Waals surface area contributed by atoms with Crippen LogP contribution in [0.15, 0.2) is 30.6 Å². The Balaban J connectivity index is 0. The molecule has 142 valence electrons. The van der Waals surface area contributed by atoms with Gasteiger partial charge in [0.15, 0.2) is 12.4 Å². The molecule has 0 saturated carbocycles. The molecule has 0 saturated heterocycles. The maximum absolute atomic E-state index is 2.29. The second-order valence-electron chi connectivity index (χ2n) is 6.71. The quantitative estimate of drug-likeness (QED) is 0.277. The van der Waals surface area contributed by atoms with Gasteiger partial charge in [0, 0.05) is 18.6 Å². The number of rotatable bonds is 15. The summed E-state index contributed by atoms with van der Waals surface area (Å²) in [6.45, 7) is 3.47. The molecule has 1 heterocycles. The van der Waals surface area contributed by atoms with Gasteiger partial charge in [0.05, 0.1) is 0 Å². The maximum Gasteiger partial charge on any atom is 0.168 e. The van der Waals surface area contributed by atoms with Gasteiger partial charge in [-0.1, -0.05) is 90.0 Å². The first-order valence-corrected chi connectivity index (χ1v) is 9.87. The lowest BCUT2D eigenvalue weighted by Crippen LogP contribution is -2.32. The van der Waals surface area contributed by atoms with Crippen LogP contribution in [0.5, 0.6) is 0 Å². The van der Waals surface area contributed by atoms with E-state index in [9.17, 15) is 0 Å². The molecule has 0 amide bonds. The summed E-state index contributed by atoms with van der Waals surface area (Å²) >= 11 is 0. The van der Waals surface area contributed by atoms with Gasteiger partial charge < -0.3 is 6.15 Å². The summed E-state index contributed by atoms with van der Waals surface area (Å²) < 4.78 is 2.29. The van der Waals surface area contributed by atoms with Gasteiger partial charge in [-0.05, 0) is 6.42 Å². The van der Waals surface area contributed by atoms with Crippen LogP contribution in [-0.2, 0) is 6.54 Å². The van der Waals surface area contributed by atoms with E-state index < -0.39 is 0 Å². The Hall–Kier alpha value is -0.960. The average Bonchev–Trinajstić information content (AvgIpc) is 2.56. The van der Waals surface area contributed by atoms with Crippen molar-refractivity contribution < 1.29 is 9.27 Å². The molecule has 24 heavy (non-hydrogen) atoms. The van der Waals surface area contributed by atoms with Crippen molar-refractivity contribution in [1.29, 1.82) is 0 Å². The molecule has 0 fully saturated rings. The van der Waals surface area contributed by atoms with Gasteiger partial charge in [-0.2, -0.15) is 0 Å². The number of pyridine rings is 1. The lowest BCUT2D eigenvalue weighted by atomic mass is 10.0. The zero-order valence-corrected chi connectivity index (χ0v) is 16.1. The highest BCUT2D eigenvalue weighted by atomic mass is 19.0. The minimum absolute atomic E-state index is 0. The van der Waals surface area contributed by atoms with Crippen molar-refractivity contribution >= 4 is 0 Å². The predicted octanol–water partition coefficient (Wildman–Crippen LogP) is 6.77. The molecule has 3 N–H and O–H groups in total. The molecular formula is C21H42FN2+. The summed E-state index contributed by atoms with van der Waals surface area (Å²) in [7, 11) is 0. The first kappa shape index (κ1) is 25.3. The second-order valence-corrected chi connectivity index (χ2v) is 6.71. The predicted molar refractivity (Wildman–Crippen MR) is 104 cm³/mol. The van der Waals surface area contributed by atoms with Crippen LogP contribution in [-0.4, -0.2) is 0 Å². The van der Waals surface area contributed by atoms with E-state index in [0.29, 0.717) is 0 Å². The molecule has 1 rings (SSSR count). The number of hydrogen-bond acceptors (Lipinski definition) is 1. The number of unbranched alkanes of at least 4 members (excludes halogenated alkanes) is 13. The highest BCUT2D eigenvalue weighted by Gasteiger charge is 1.98. The van der Waals surface area contributed by atoms with Crippen LogP contribution in [0.4, 0.5) is 4.70 Å². The maximum atomic E-state index is 2.29. The Bertz CT molecular complexity index is 330.